The lowest BCUT2D eigenvalue weighted by Gasteiger charge is -2.58. The average Bonchev–Trinajstić information content (AvgIpc) is 2.55. The minimum absolute atomic E-state index is 0.212. The Labute approximate surface area is 147 Å². The number of aliphatic carboxylic acids is 1. The van der Waals surface area contributed by atoms with Crippen LogP contribution in [0.1, 0.15) is 39.7 Å². The third kappa shape index (κ3) is 3.40. The van der Waals surface area contributed by atoms with Gasteiger partial charge in [-0.25, -0.2) is 9.18 Å². The summed E-state index contributed by atoms with van der Waals surface area (Å²) in [4.78, 5) is 24.5. The molecule has 1 fully saturated rings. The van der Waals surface area contributed by atoms with Gasteiger partial charge in [0.15, 0.2) is 0 Å². The molecule has 1 aromatic carbocycles. The first kappa shape index (κ1) is 19.4. The molecule has 25 heavy (non-hydrogen) atoms. The number of carbonyl (C=O) groups is 2. The van der Waals surface area contributed by atoms with Crippen molar-refractivity contribution < 1.29 is 23.8 Å². The van der Waals surface area contributed by atoms with Crippen molar-refractivity contribution in [2.45, 2.75) is 52.2 Å². The number of hydrogen-bond donors (Lipinski definition) is 2. The Balaban J connectivity index is 2.11. The van der Waals surface area contributed by atoms with E-state index in [1.54, 1.807) is 39.0 Å². The Bertz CT molecular complexity index is 661. The second-order valence-electron chi connectivity index (χ2n) is 7.27. The van der Waals surface area contributed by atoms with E-state index in [1.165, 1.54) is 6.07 Å². The standard InChI is InChI=1S/C19H26FNO4/c1-5-25-15-11-19(17(23)24,18(15,3)4)21-16(22)12(2)10-13-8-6-7-9-14(13)20/h6-9,12,15H,5,10-11H2,1-4H3,(H,21,22)(H,23,24). The number of carbonyl (C=O) groups excluding carboxylic acids is 1. The number of ether oxygens (including phenoxy) is 1. The summed E-state index contributed by atoms with van der Waals surface area (Å²) in [6, 6.07) is 6.28. The van der Waals surface area contributed by atoms with Crippen LogP contribution in [0.15, 0.2) is 24.3 Å². The van der Waals surface area contributed by atoms with Crippen LogP contribution < -0.4 is 5.32 Å². The molecule has 5 nitrogen and oxygen atoms in total. The van der Waals surface area contributed by atoms with E-state index in [4.69, 9.17) is 4.74 Å². The minimum Gasteiger partial charge on any atom is -0.479 e. The fourth-order valence-electron chi connectivity index (χ4n) is 3.46. The van der Waals surface area contributed by atoms with Gasteiger partial charge in [-0.05, 0) is 25.0 Å². The van der Waals surface area contributed by atoms with Gasteiger partial charge in [0.1, 0.15) is 11.4 Å². The summed E-state index contributed by atoms with van der Waals surface area (Å²) >= 11 is 0. The molecule has 138 valence electrons. The molecule has 0 bridgehead atoms. The van der Waals surface area contributed by atoms with Gasteiger partial charge in [-0.3, -0.25) is 4.79 Å². The maximum atomic E-state index is 13.8. The molecule has 0 spiro atoms. The Morgan fingerprint density at radius 1 is 1.40 bits per heavy atom. The van der Waals surface area contributed by atoms with E-state index < -0.39 is 28.7 Å². The first-order valence-electron chi connectivity index (χ1n) is 8.56. The van der Waals surface area contributed by atoms with Gasteiger partial charge in [0.05, 0.1) is 6.10 Å². The van der Waals surface area contributed by atoms with Gasteiger partial charge in [0.2, 0.25) is 5.91 Å². The number of carboxylic acid groups (broad SMARTS) is 1. The largest absolute Gasteiger partial charge is 0.479 e. The SMILES string of the molecule is CCOC1CC(NC(=O)C(C)Cc2ccccc2F)(C(=O)O)C1(C)C. The molecule has 1 aromatic rings. The van der Waals surface area contributed by atoms with E-state index in [-0.39, 0.29) is 24.8 Å². The molecule has 3 unspecified atom stereocenters. The van der Waals surface area contributed by atoms with Crippen molar-refractivity contribution in [2.24, 2.45) is 11.3 Å². The smallest absolute Gasteiger partial charge is 0.330 e. The summed E-state index contributed by atoms with van der Waals surface area (Å²) in [5, 5.41) is 12.4. The number of carboxylic acids is 1. The van der Waals surface area contributed by atoms with Gasteiger partial charge in [-0.2, -0.15) is 0 Å². The Morgan fingerprint density at radius 3 is 2.56 bits per heavy atom. The van der Waals surface area contributed by atoms with Gasteiger partial charge < -0.3 is 15.2 Å². The molecule has 0 aliphatic heterocycles. The lowest BCUT2D eigenvalue weighted by atomic mass is 9.54. The average molecular weight is 351 g/mol. The molecule has 1 amide bonds. The van der Waals surface area contributed by atoms with Crippen molar-refractivity contribution in [3.05, 3.63) is 35.6 Å². The van der Waals surface area contributed by atoms with Crippen molar-refractivity contribution in [3.63, 3.8) is 0 Å². The quantitative estimate of drug-likeness (QED) is 0.792. The van der Waals surface area contributed by atoms with Gasteiger partial charge in [-0.15, -0.1) is 0 Å². The monoisotopic (exact) mass is 351 g/mol. The van der Waals surface area contributed by atoms with E-state index >= 15 is 0 Å². The lowest BCUT2D eigenvalue weighted by Crippen LogP contribution is -2.76. The first-order chi connectivity index (χ1) is 11.7. The highest BCUT2D eigenvalue weighted by atomic mass is 19.1. The van der Waals surface area contributed by atoms with Crippen molar-refractivity contribution in [2.75, 3.05) is 6.61 Å². The summed E-state index contributed by atoms with van der Waals surface area (Å²) in [6.45, 7) is 7.58. The molecule has 6 heteroatoms. The zero-order valence-electron chi connectivity index (χ0n) is 15.1. The molecule has 2 rings (SSSR count). The summed E-state index contributed by atoms with van der Waals surface area (Å²) in [6.07, 6.45) is 0.209. The second-order valence-corrected chi connectivity index (χ2v) is 7.27. The Kier molecular flexibility index (Phi) is 5.52. The predicted octanol–water partition coefficient (Wildman–Crippen LogP) is 2.78. The highest BCUT2D eigenvalue weighted by molar-refractivity contribution is 5.90. The summed E-state index contributed by atoms with van der Waals surface area (Å²) in [5.74, 6) is -2.38. The first-order valence-corrected chi connectivity index (χ1v) is 8.56. The molecule has 2 N–H and O–H groups in total. The molecular formula is C19H26FNO4. The third-order valence-corrected chi connectivity index (χ3v) is 5.40. The molecule has 1 saturated carbocycles. The Morgan fingerprint density at radius 2 is 2.04 bits per heavy atom. The summed E-state index contributed by atoms with van der Waals surface area (Å²) in [5.41, 5.74) is -1.66. The van der Waals surface area contributed by atoms with Gasteiger partial charge in [-0.1, -0.05) is 39.0 Å². The molecule has 0 saturated heterocycles. The van der Waals surface area contributed by atoms with Gasteiger partial charge >= 0.3 is 5.97 Å². The lowest BCUT2D eigenvalue weighted by molar-refractivity contribution is -0.195. The van der Waals surface area contributed by atoms with Crippen LogP contribution in [0, 0.1) is 17.2 Å². The van der Waals surface area contributed by atoms with E-state index in [2.05, 4.69) is 5.32 Å². The van der Waals surface area contributed by atoms with Crippen LogP contribution in [-0.4, -0.2) is 35.2 Å². The zero-order chi connectivity index (χ0) is 18.8. The van der Waals surface area contributed by atoms with Crippen molar-refractivity contribution in [1.29, 1.82) is 0 Å². The predicted molar refractivity (Wildman–Crippen MR) is 91.6 cm³/mol. The number of benzene rings is 1. The highest BCUT2D eigenvalue weighted by Crippen LogP contribution is 2.51. The van der Waals surface area contributed by atoms with E-state index in [1.807, 2.05) is 6.92 Å². The maximum absolute atomic E-state index is 13.8. The molecule has 1 aliphatic rings. The molecular weight excluding hydrogens is 325 g/mol. The topological polar surface area (TPSA) is 75.6 Å². The summed E-state index contributed by atoms with van der Waals surface area (Å²) in [7, 11) is 0. The van der Waals surface area contributed by atoms with Crippen LogP contribution in [0.25, 0.3) is 0 Å². The number of amides is 1. The molecule has 0 aromatic heterocycles. The van der Waals surface area contributed by atoms with Crippen molar-refractivity contribution in [3.8, 4) is 0 Å². The molecule has 3 atom stereocenters. The minimum atomic E-state index is -1.37. The Hall–Kier alpha value is -1.95. The fraction of sp³-hybridized carbons (Fsp3) is 0.579. The summed E-state index contributed by atoms with van der Waals surface area (Å²) < 4.78 is 19.4. The fourth-order valence-corrected chi connectivity index (χ4v) is 3.46. The molecule has 1 aliphatic carbocycles. The highest BCUT2D eigenvalue weighted by Gasteiger charge is 2.66. The second kappa shape index (κ2) is 7.12. The number of hydrogen-bond acceptors (Lipinski definition) is 3. The zero-order valence-corrected chi connectivity index (χ0v) is 15.1. The van der Waals surface area contributed by atoms with Crippen molar-refractivity contribution in [1.82, 2.24) is 5.32 Å². The van der Waals surface area contributed by atoms with Crippen molar-refractivity contribution >= 4 is 11.9 Å². The molecule has 0 radical (unpaired) electrons. The number of rotatable bonds is 7. The van der Waals surface area contributed by atoms with Crippen LogP contribution in [0.2, 0.25) is 0 Å². The van der Waals surface area contributed by atoms with Crippen LogP contribution in [0.3, 0.4) is 0 Å². The number of nitrogens with one attached hydrogen (secondary N) is 1. The van der Waals surface area contributed by atoms with Crippen LogP contribution in [-0.2, 0) is 20.7 Å². The number of halogens is 1. The van der Waals surface area contributed by atoms with E-state index in [0.29, 0.717) is 12.2 Å². The van der Waals surface area contributed by atoms with Crippen LogP contribution >= 0.6 is 0 Å². The van der Waals surface area contributed by atoms with Crippen LogP contribution in [0.5, 0.6) is 0 Å². The molecule has 0 heterocycles. The van der Waals surface area contributed by atoms with E-state index in [0.717, 1.165) is 0 Å². The van der Waals surface area contributed by atoms with Gasteiger partial charge in [0, 0.05) is 24.4 Å². The normalized spacial score (nSPS) is 25.7. The van der Waals surface area contributed by atoms with Gasteiger partial charge in [0.25, 0.3) is 0 Å². The van der Waals surface area contributed by atoms with Crippen LogP contribution in [0.4, 0.5) is 4.39 Å². The third-order valence-electron chi connectivity index (χ3n) is 5.40. The maximum Gasteiger partial charge on any atom is 0.330 e. The van der Waals surface area contributed by atoms with E-state index in [9.17, 15) is 19.1 Å².